The first kappa shape index (κ1) is 22.2. The average Bonchev–Trinajstić information content (AvgIpc) is 3.05. The van der Waals surface area contributed by atoms with Crippen molar-refractivity contribution in [3.8, 4) is 0 Å². The standard InChI is InChI=1S/C22H37N5O/c1-7-17(5)25-21(28)19-10-8-9-18(11-19)12-24-22(23-6)26-20-14-27(15(2)3)13-16(20)4/h8-11,15-17,20H,7,12-14H2,1-6H3,(H,25,28)(H2,23,24,26). The third-order valence-corrected chi connectivity index (χ3v) is 5.56. The second kappa shape index (κ2) is 10.5. The van der Waals surface area contributed by atoms with Gasteiger partial charge in [-0.15, -0.1) is 0 Å². The first-order valence-electron chi connectivity index (χ1n) is 10.4. The molecular weight excluding hydrogens is 350 g/mol. The Morgan fingerprint density at radius 1 is 1.29 bits per heavy atom. The molecule has 3 N–H and O–H groups in total. The SMILES string of the molecule is CCC(C)NC(=O)c1cccc(CNC(=NC)NC2CN(C(C)C)CC2C)c1. The predicted octanol–water partition coefficient (Wildman–Crippen LogP) is 2.61. The Morgan fingerprint density at radius 2 is 2.04 bits per heavy atom. The Bertz CT molecular complexity index is 673. The van der Waals surface area contributed by atoms with E-state index < -0.39 is 0 Å². The summed E-state index contributed by atoms with van der Waals surface area (Å²) in [5, 5.41) is 9.96. The van der Waals surface area contributed by atoms with Crippen molar-refractivity contribution >= 4 is 11.9 Å². The van der Waals surface area contributed by atoms with E-state index in [1.165, 1.54) is 0 Å². The molecule has 1 aliphatic heterocycles. The number of hydrogen-bond acceptors (Lipinski definition) is 3. The highest BCUT2D eigenvalue weighted by molar-refractivity contribution is 5.94. The molecule has 28 heavy (non-hydrogen) atoms. The van der Waals surface area contributed by atoms with Gasteiger partial charge in [0.05, 0.1) is 0 Å². The molecule has 0 spiro atoms. The van der Waals surface area contributed by atoms with Gasteiger partial charge in [0.2, 0.25) is 0 Å². The Hall–Kier alpha value is -2.08. The van der Waals surface area contributed by atoms with Gasteiger partial charge in [-0.1, -0.05) is 26.0 Å². The molecule has 0 aliphatic carbocycles. The highest BCUT2D eigenvalue weighted by atomic mass is 16.1. The molecule has 1 aromatic carbocycles. The Morgan fingerprint density at radius 3 is 2.64 bits per heavy atom. The molecule has 2 rings (SSSR count). The maximum Gasteiger partial charge on any atom is 0.251 e. The van der Waals surface area contributed by atoms with Gasteiger partial charge in [-0.2, -0.15) is 0 Å². The minimum absolute atomic E-state index is 0.0211. The van der Waals surface area contributed by atoms with Crippen molar-refractivity contribution in [2.24, 2.45) is 10.9 Å². The quantitative estimate of drug-likeness (QED) is 0.497. The fraction of sp³-hybridized carbons (Fsp3) is 0.636. The van der Waals surface area contributed by atoms with Crippen molar-refractivity contribution < 1.29 is 4.79 Å². The van der Waals surface area contributed by atoms with E-state index in [0.717, 1.165) is 31.0 Å². The van der Waals surface area contributed by atoms with Crippen LogP contribution in [0.2, 0.25) is 0 Å². The van der Waals surface area contributed by atoms with Crippen LogP contribution in [-0.4, -0.2) is 55.0 Å². The molecule has 0 radical (unpaired) electrons. The second-order valence-corrected chi connectivity index (χ2v) is 8.18. The summed E-state index contributed by atoms with van der Waals surface area (Å²) in [6, 6.07) is 8.88. The van der Waals surface area contributed by atoms with Crippen LogP contribution in [0.1, 0.15) is 57.0 Å². The van der Waals surface area contributed by atoms with Gasteiger partial charge in [-0.25, -0.2) is 0 Å². The van der Waals surface area contributed by atoms with Crippen LogP contribution >= 0.6 is 0 Å². The minimum Gasteiger partial charge on any atom is -0.352 e. The number of amides is 1. The van der Waals surface area contributed by atoms with Crippen LogP contribution < -0.4 is 16.0 Å². The largest absolute Gasteiger partial charge is 0.352 e. The number of guanidine groups is 1. The lowest BCUT2D eigenvalue weighted by molar-refractivity contribution is 0.0939. The van der Waals surface area contributed by atoms with Crippen LogP contribution in [0, 0.1) is 5.92 Å². The summed E-state index contributed by atoms with van der Waals surface area (Å²) in [6.45, 7) is 13.6. The van der Waals surface area contributed by atoms with Crippen LogP contribution in [0.5, 0.6) is 0 Å². The van der Waals surface area contributed by atoms with Gasteiger partial charge >= 0.3 is 0 Å². The van der Waals surface area contributed by atoms with E-state index in [0.29, 0.717) is 30.1 Å². The van der Waals surface area contributed by atoms with Crippen molar-refractivity contribution in [2.45, 2.75) is 65.7 Å². The third kappa shape index (κ3) is 6.23. The van der Waals surface area contributed by atoms with Gasteiger partial charge in [0.25, 0.3) is 5.91 Å². The van der Waals surface area contributed by atoms with Gasteiger partial charge < -0.3 is 16.0 Å². The van der Waals surface area contributed by atoms with Crippen molar-refractivity contribution in [1.29, 1.82) is 0 Å². The van der Waals surface area contributed by atoms with Gasteiger partial charge in [-0.3, -0.25) is 14.7 Å². The third-order valence-electron chi connectivity index (χ3n) is 5.56. The Kier molecular flexibility index (Phi) is 8.30. The Balaban J connectivity index is 1.91. The lowest BCUT2D eigenvalue weighted by Crippen LogP contribution is -2.46. The maximum atomic E-state index is 12.3. The van der Waals surface area contributed by atoms with Crippen LogP contribution in [0.25, 0.3) is 0 Å². The molecule has 1 aliphatic rings. The highest BCUT2D eigenvalue weighted by Gasteiger charge is 2.31. The number of carbonyl (C=O) groups excluding carboxylic acids is 1. The summed E-state index contributed by atoms with van der Waals surface area (Å²) in [5.41, 5.74) is 1.75. The first-order chi connectivity index (χ1) is 13.3. The predicted molar refractivity (Wildman–Crippen MR) is 117 cm³/mol. The number of nitrogens with one attached hydrogen (secondary N) is 3. The number of rotatable bonds is 7. The zero-order chi connectivity index (χ0) is 20.7. The van der Waals surface area contributed by atoms with Crippen molar-refractivity contribution in [1.82, 2.24) is 20.9 Å². The van der Waals surface area contributed by atoms with Gasteiger partial charge in [0.15, 0.2) is 5.96 Å². The summed E-state index contributed by atoms with van der Waals surface area (Å²) in [6.07, 6.45) is 0.919. The summed E-state index contributed by atoms with van der Waals surface area (Å²) in [4.78, 5) is 19.2. The molecule has 1 aromatic rings. The van der Waals surface area contributed by atoms with Crippen LogP contribution in [0.3, 0.4) is 0 Å². The summed E-state index contributed by atoms with van der Waals surface area (Å²) >= 11 is 0. The molecule has 1 amide bonds. The second-order valence-electron chi connectivity index (χ2n) is 8.18. The number of hydrogen-bond donors (Lipinski definition) is 3. The molecule has 0 bridgehead atoms. The molecule has 1 heterocycles. The van der Waals surface area contributed by atoms with E-state index in [-0.39, 0.29) is 11.9 Å². The summed E-state index contributed by atoms with van der Waals surface area (Å²) in [5.74, 6) is 1.36. The number of carbonyl (C=O) groups is 1. The maximum absolute atomic E-state index is 12.3. The smallest absolute Gasteiger partial charge is 0.251 e. The molecule has 156 valence electrons. The van der Waals surface area contributed by atoms with Crippen LogP contribution in [0.15, 0.2) is 29.3 Å². The average molecular weight is 388 g/mol. The molecule has 3 atom stereocenters. The molecule has 6 heteroatoms. The van der Waals surface area contributed by atoms with E-state index >= 15 is 0 Å². The number of benzene rings is 1. The molecule has 0 saturated carbocycles. The van der Waals surface area contributed by atoms with Gasteiger partial charge in [-0.05, 0) is 50.8 Å². The summed E-state index contributed by atoms with van der Waals surface area (Å²) < 4.78 is 0. The lowest BCUT2D eigenvalue weighted by Gasteiger charge is -2.22. The van der Waals surface area contributed by atoms with E-state index in [2.05, 4.69) is 53.5 Å². The minimum atomic E-state index is -0.0211. The van der Waals surface area contributed by atoms with Gasteiger partial charge in [0, 0.05) is 50.4 Å². The van der Waals surface area contributed by atoms with E-state index in [4.69, 9.17) is 0 Å². The van der Waals surface area contributed by atoms with Crippen molar-refractivity contribution in [3.63, 3.8) is 0 Å². The highest BCUT2D eigenvalue weighted by Crippen LogP contribution is 2.18. The lowest BCUT2D eigenvalue weighted by atomic mass is 10.1. The molecular formula is C22H37N5O. The molecule has 1 fully saturated rings. The first-order valence-corrected chi connectivity index (χ1v) is 10.4. The van der Waals surface area contributed by atoms with E-state index in [9.17, 15) is 4.79 Å². The zero-order valence-corrected chi connectivity index (χ0v) is 18.2. The number of likely N-dealkylation sites (tertiary alicyclic amines) is 1. The fourth-order valence-corrected chi connectivity index (χ4v) is 3.40. The zero-order valence-electron chi connectivity index (χ0n) is 18.2. The van der Waals surface area contributed by atoms with E-state index in [1.54, 1.807) is 7.05 Å². The molecule has 1 saturated heterocycles. The van der Waals surface area contributed by atoms with Crippen LogP contribution in [-0.2, 0) is 6.54 Å². The van der Waals surface area contributed by atoms with Crippen molar-refractivity contribution in [3.05, 3.63) is 35.4 Å². The van der Waals surface area contributed by atoms with Gasteiger partial charge in [0.1, 0.15) is 0 Å². The number of aliphatic imine (C=N–C) groups is 1. The van der Waals surface area contributed by atoms with E-state index in [1.807, 2.05) is 31.2 Å². The monoisotopic (exact) mass is 387 g/mol. The van der Waals surface area contributed by atoms with Crippen LogP contribution in [0.4, 0.5) is 0 Å². The topological polar surface area (TPSA) is 68.8 Å². The molecule has 3 unspecified atom stereocenters. The molecule has 6 nitrogen and oxygen atoms in total. The Labute approximate surface area is 170 Å². The van der Waals surface area contributed by atoms with Crippen molar-refractivity contribution in [2.75, 3.05) is 20.1 Å². The molecule has 0 aromatic heterocycles. The fourth-order valence-electron chi connectivity index (χ4n) is 3.40. The summed E-state index contributed by atoms with van der Waals surface area (Å²) in [7, 11) is 1.80. The number of nitrogens with zero attached hydrogens (tertiary/aromatic N) is 2. The normalized spacial score (nSPS) is 21.6.